The smallest absolute Gasteiger partial charge is 0.0785 e. The second-order valence-corrected chi connectivity index (χ2v) is 3.41. The third-order valence-corrected chi connectivity index (χ3v) is 2.30. The lowest BCUT2D eigenvalue weighted by Crippen LogP contribution is -1.95. The Morgan fingerprint density at radius 1 is 1.21 bits per heavy atom. The quantitative estimate of drug-likeness (QED) is 0.744. The molecule has 2 aromatic heterocycles. The highest BCUT2D eigenvalue weighted by Crippen LogP contribution is 2.23. The monoisotopic (exact) mass is 187 g/mol. The summed E-state index contributed by atoms with van der Waals surface area (Å²) in [6, 6.07) is 2.03. The van der Waals surface area contributed by atoms with Crippen LogP contribution in [0, 0.1) is 13.8 Å². The Hall–Kier alpha value is -1.64. The van der Waals surface area contributed by atoms with Crippen molar-refractivity contribution in [2.24, 2.45) is 0 Å². The zero-order valence-electron chi connectivity index (χ0n) is 8.63. The molecule has 2 heterocycles. The van der Waals surface area contributed by atoms with Gasteiger partial charge in [-0.05, 0) is 25.5 Å². The van der Waals surface area contributed by atoms with Crippen LogP contribution in [0.2, 0.25) is 0 Å². The minimum atomic E-state index is 1.02. The highest BCUT2D eigenvalue weighted by Gasteiger charge is 2.04. The van der Waals surface area contributed by atoms with Gasteiger partial charge in [0.15, 0.2) is 0 Å². The summed E-state index contributed by atoms with van der Waals surface area (Å²) in [5.41, 5.74) is 4.26. The molecule has 0 radical (unpaired) electrons. The maximum absolute atomic E-state index is 4.50. The van der Waals surface area contributed by atoms with Crippen molar-refractivity contribution in [3.05, 3.63) is 29.7 Å². The first-order valence-electron chi connectivity index (χ1n) is 4.62. The topological polar surface area (TPSA) is 37.8 Å². The summed E-state index contributed by atoms with van der Waals surface area (Å²) in [5.74, 6) is 0. The highest BCUT2D eigenvalue weighted by atomic mass is 14.8. The second-order valence-electron chi connectivity index (χ2n) is 3.41. The average molecular weight is 187 g/mol. The second kappa shape index (κ2) is 3.25. The molecular formula is C11H13N3. The van der Waals surface area contributed by atoms with Crippen molar-refractivity contribution in [2.75, 3.05) is 12.4 Å². The number of hydrogen-bond acceptors (Lipinski definition) is 3. The lowest BCUT2D eigenvalue weighted by Gasteiger charge is -2.07. The fraction of sp³-hybridized carbons (Fsp3) is 0.273. The van der Waals surface area contributed by atoms with Crippen LogP contribution in [0.3, 0.4) is 0 Å². The van der Waals surface area contributed by atoms with Crippen molar-refractivity contribution < 1.29 is 0 Å². The predicted molar refractivity (Wildman–Crippen MR) is 58.6 cm³/mol. The Kier molecular flexibility index (Phi) is 2.08. The maximum atomic E-state index is 4.50. The van der Waals surface area contributed by atoms with E-state index in [1.165, 1.54) is 0 Å². The van der Waals surface area contributed by atoms with Gasteiger partial charge in [0.1, 0.15) is 0 Å². The molecule has 1 N–H and O–H groups in total. The van der Waals surface area contributed by atoms with Gasteiger partial charge < -0.3 is 5.32 Å². The summed E-state index contributed by atoms with van der Waals surface area (Å²) >= 11 is 0. The Morgan fingerprint density at radius 3 is 2.71 bits per heavy atom. The van der Waals surface area contributed by atoms with E-state index in [4.69, 9.17) is 0 Å². The van der Waals surface area contributed by atoms with Gasteiger partial charge in [-0.15, -0.1) is 0 Å². The van der Waals surface area contributed by atoms with Gasteiger partial charge in [-0.2, -0.15) is 0 Å². The first kappa shape index (κ1) is 8.94. The van der Waals surface area contributed by atoms with Gasteiger partial charge in [0.25, 0.3) is 0 Å². The van der Waals surface area contributed by atoms with E-state index in [1.807, 2.05) is 39.4 Å². The first-order chi connectivity index (χ1) is 6.72. The number of nitrogens with one attached hydrogen (secondary N) is 1. The van der Waals surface area contributed by atoms with Gasteiger partial charge >= 0.3 is 0 Å². The number of aromatic nitrogens is 2. The zero-order chi connectivity index (χ0) is 10.1. The van der Waals surface area contributed by atoms with Gasteiger partial charge in [-0.3, -0.25) is 9.97 Å². The third kappa shape index (κ3) is 1.31. The van der Waals surface area contributed by atoms with E-state index in [0.29, 0.717) is 0 Å². The van der Waals surface area contributed by atoms with Gasteiger partial charge in [0.05, 0.1) is 5.52 Å². The molecule has 3 heteroatoms. The highest BCUT2D eigenvalue weighted by molar-refractivity contribution is 5.92. The van der Waals surface area contributed by atoms with Gasteiger partial charge in [0.2, 0.25) is 0 Å². The van der Waals surface area contributed by atoms with Crippen LogP contribution in [-0.4, -0.2) is 17.0 Å². The van der Waals surface area contributed by atoms with Crippen LogP contribution >= 0.6 is 0 Å². The summed E-state index contributed by atoms with van der Waals surface area (Å²) < 4.78 is 0. The number of hydrogen-bond donors (Lipinski definition) is 1. The standard InChI is InChI=1S/C11H13N3/c1-7-5-13-6-9-10(12-3)4-8(2)14-11(7)9/h4-6H,1-3H3,(H,12,14). The van der Waals surface area contributed by atoms with E-state index in [-0.39, 0.29) is 0 Å². The van der Waals surface area contributed by atoms with Crippen molar-refractivity contribution in [3.63, 3.8) is 0 Å². The summed E-state index contributed by atoms with van der Waals surface area (Å²) in [5, 5.41) is 4.24. The molecule has 0 unspecified atom stereocenters. The molecule has 0 aromatic carbocycles. The van der Waals surface area contributed by atoms with Crippen LogP contribution in [0.5, 0.6) is 0 Å². The number of fused-ring (bicyclic) bond motifs is 1. The fourth-order valence-corrected chi connectivity index (χ4v) is 1.61. The molecule has 14 heavy (non-hydrogen) atoms. The Balaban J connectivity index is 2.87. The maximum Gasteiger partial charge on any atom is 0.0785 e. The van der Waals surface area contributed by atoms with Crippen LogP contribution in [-0.2, 0) is 0 Å². The van der Waals surface area contributed by atoms with Crippen LogP contribution in [0.4, 0.5) is 5.69 Å². The van der Waals surface area contributed by atoms with Crippen LogP contribution in [0.1, 0.15) is 11.3 Å². The van der Waals surface area contributed by atoms with Gasteiger partial charge in [0, 0.05) is 36.2 Å². The molecule has 0 aliphatic heterocycles. The average Bonchev–Trinajstić information content (AvgIpc) is 2.18. The third-order valence-electron chi connectivity index (χ3n) is 2.30. The molecule has 0 bridgehead atoms. The summed E-state index contributed by atoms with van der Waals surface area (Å²) in [7, 11) is 1.91. The first-order valence-corrected chi connectivity index (χ1v) is 4.62. The molecule has 0 amide bonds. The Bertz CT molecular complexity index is 477. The molecule has 0 fully saturated rings. The fourth-order valence-electron chi connectivity index (χ4n) is 1.61. The number of pyridine rings is 2. The lowest BCUT2D eigenvalue weighted by molar-refractivity contribution is 1.21. The molecule has 0 aliphatic carbocycles. The van der Waals surface area contributed by atoms with Crippen LogP contribution in [0.15, 0.2) is 18.5 Å². The van der Waals surface area contributed by atoms with Gasteiger partial charge in [-0.1, -0.05) is 0 Å². The molecule has 0 saturated heterocycles. The molecule has 2 aromatic rings. The summed E-state index contributed by atoms with van der Waals surface area (Å²) in [4.78, 5) is 8.67. The molecule has 0 atom stereocenters. The van der Waals surface area contributed by atoms with Crippen molar-refractivity contribution in [2.45, 2.75) is 13.8 Å². The largest absolute Gasteiger partial charge is 0.387 e. The van der Waals surface area contributed by atoms with E-state index in [2.05, 4.69) is 15.3 Å². The van der Waals surface area contributed by atoms with Gasteiger partial charge in [-0.25, -0.2) is 0 Å². The summed E-state index contributed by atoms with van der Waals surface area (Å²) in [6.07, 6.45) is 3.69. The molecule has 0 spiro atoms. The normalized spacial score (nSPS) is 10.5. The van der Waals surface area contributed by atoms with E-state index < -0.39 is 0 Å². The van der Waals surface area contributed by atoms with Crippen molar-refractivity contribution >= 4 is 16.6 Å². The number of anilines is 1. The van der Waals surface area contributed by atoms with Crippen molar-refractivity contribution in [3.8, 4) is 0 Å². The molecule has 0 saturated carbocycles. The van der Waals surface area contributed by atoms with Crippen LogP contribution < -0.4 is 5.32 Å². The van der Waals surface area contributed by atoms with E-state index in [1.54, 1.807) is 0 Å². The molecular weight excluding hydrogens is 174 g/mol. The number of aryl methyl sites for hydroxylation is 2. The van der Waals surface area contributed by atoms with Crippen LogP contribution in [0.25, 0.3) is 10.9 Å². The Morgan fingerprint density at radius 2 is 2.00 bits per heavy atom. The minimum absolute atomic E-state index is 1.02. The van der Waals surface area contributed by atoms with E-state index in [0.717, 1.165) is 27.8 Å². The predicted octanol–water partition coefficient (Wildman–Crippen LogP) is 2.29. The van der Waals surface area contributed by atoms with Crippen molar-refractivity contribution in [1.29, 1.82) is 0 Å². The molecule has 2 rings (SSSR count). The number of nitrogens with zero attached hydrogens (tertiary/aromatic N) is 2. The minimum Gasteiger partial charge on any atom is -0.387 e. The zero-order valence-corrected chi connectivity index (χ0v) is 8.63. The molecule has 72 valence electrons. The SMILES string of the molecule is CNc1cc(C)nc2c(C)cncc12. The van der Waals surface area contributed by atoms with E-state index in [9.17, 15) is 0 Å². The Labute approximate surface area is 83.2 Å². The molecule has 0 aliphatic rings. The van der Waals surface area contributed by atoms with Crippen molar-refractivity contribution in [1.82, 2.24) is 9.97 Å². The van der Waals surface area contributed by atoms with E-state index >= 15 is 0 Å². The molecule has 3 nitrogen and oxygen atoms in total. The lowest BCUT2D eigenvalue weighted by atomic mass is 10.1. The summed E-state index contributed by atoms with van der Waals surface area (Å²) in [6.45, 7) is 4.03. The number of rotatable bonds is 1.